The van der Waals surface area contributed by atoms with E-state index >= 15 is 0 Å². The lowest BCUT2D eigenvalue weighted by Gasteiger charge is -2.08. The van der Waals surface area contributed by atoms with E-state index in [9.17, 15) is 13.2 Å². The number of hydrogen-bond donors (Lipinski definition) is 1. The van der Waals surface area contributed by atoms with Crippen molar-refractivity contribution in [1.82, 2.24) is 15.0 Å². The molecule has 2 aromatic rings. The minimum absolute atomic E-state index is 0.00461. The van der Waals surface area contributed by atoms with Crippen LogP contribution in [0.4, 0.5) is 19.0 Å². The number of aromatic nitrogens is 3. The molecular weight excluding hydrogens is 313 g/mol. The Hall–Kier alpha value is -1.83. The lowest BCUT2D eigenvalue weighted by Crippen LogP contribution is -2.10. The van der Waals surface area contributed by atoms with Crippen LogP contribution in [0, 0.1) is 0 Å². The van der Waals surface area contributed by atoms with Crippen molar-refractivity contribution in [3.8, 4) is 0 Å². The summed E-state index contributed by atoms with van der Waals surface area (Å²) in [6, 6.07) is 4.59. The van der Waals surface area contributed by atoms with Crippen LogP contribution in [0.1, 0.15) is 30.3 Å². The summed E-state index contributed by atoms with van der Waals surface area (Å²) in [4.78, 5) is 11.5. The van der Waals surface area contributed by atoms with Gasteiger partial charge in [-0.25, -0.2) is 9.97 Å². The predicted octanol–water partition coefficient (Wildman–Crippen LogP) is 3.72. The molecule has 2 heterocycles. The summed E-state index contributed by atoms with van der Waals surface area (Å²) in [5, 5.41) is -0.00461. The van der Waals surface area contributed by atoms with Gasteiger partial charge in [0.15, 0.2) is 10.9 Å². The van der Waals surface area contributed by atoms with Crippen molar-refractivity contribution in [2.75, 3.05) is 5.73 Å². The van der Waals surface area contributed by atoms with Gasteiger partial charge in [-0.15, -0.1) is 0 Å². The second-order valence-electron chi connectivity index (χ2n) is 4.65. The van der Waals surface area contributed by atoms with Crippen LogP contribution in [0.5, 0.6) is 0 Å². The minimum atomic E-state index is -4.54. The number of alkyl halides is 3. The number of nitrogen functional groups attached to an aromatic ring is 1. The number of hydrogen-bond acceptors (Lipinski definition) is 5. The number of aryl methyl sites for hydroxylation is 1. The smallest absolute Gasteiger partial charge is 0.384 e. The van der Waals surface area contributed by atoms with Gasteiger partial charge in [0.05, 0.1) is 5.69 Å². The fraction of sp³-hybridized carbons (Fsp3) is 0.357. The summed E-state index contributed by atoms with van der Waals surface area (Å²) in [7, 11) is 0. The maximum atomic E-state index is 12.7. The second-order valence-corrected chi connectivity index (χ2v) is 5.59. The first-order valence-corrected chi connectivity index (χ1v) is 7.65. The van der Waals surface area contributed by atoms with E-state index in [4.69, 9.17) is 5.73 Å². The number of nitrogens with zero attached hydrogens (tertiary/aromatic N) is 3. The molecule has 2 aromatic heterocycles. The molecule has 0 spiro atoms. The average molecular weight is 328 g/mol. The zero-order valence-electron chi connectivity index (χ0n) is 11.9. The van der Waals surface area contributed by atoms with E-state index in [0.717, 1.165) is 41.9 Å². The normalized spacial score (nSPS) is 11.6. The van der Waals surface area contributed by atoms with E-state index in [-0.39, 0.29) is 11.0 Å². The Morgan fingerprint density at radius 3 is 2.68 bits per heavy atom. The van der Waals surface area contributed by atoms with Gasteiger partial charge in [-0.3, -0.25) is 4.98 Å². The Kier molecular flexibility index (Phi) is 5.23. The van der Waals surface area contributed by atoms with Gasteiger partial charge < -0.3 is 5.73 Å². The van der Waals surface area contributed by atoms with E-state index < -0.39 is 11.9 Å². The molecule has 2 N–H and O–H groups in total. The topological polar surface area (TPSA) is 64.7 Å². The SMILES string of the molecule is CCCc1ccnc(CSc2nc(N)cc(C(F)(F)F)n2)c1. The van der Waals surface area contributed by atoms with Crippen molar-refractivity contribution in [3.63, 3.8) is 0 Å². The summed E-state index contributed by atoms with van der Waals surface area (Å²) in [5.74, 6) is 0.190. The first kappa shape index (κ1) is 16.5. The van der Waals surface area contributed by atoms with Crippen LogP contribution in [-0.4, -0.2) is 15.0 Å². The predicted molar refractivity (Wildman–Crippen MR) is 79.2 cm³/mol. The molecule has 0 aliphatic heterocycles. The Balaban J connectivity index is 2.11. The monoisotopic (exact) mass is 328 g/mol. The number of nitrogens with two attached hydrogens (primary N) is 1. The molecule has 0 saturated carbocycles. The van der Waals surface area contributed by atoms with Crippen molar-refractivity contribution in [2.24, 2.45) is 0 Å². The highest BCUT2D eigenvalue weighted by Gasteiger charge is 2.33. The molecule has 118 valence electrons. The number of thioether (sulfide) groups is 1. The number of halogens is 3. The van der Waals surface area contributed by atoms with E-state index in [1.165, 1.54) is 0 Å². The third-order valence-corrected chi connectivity index (χ3v) is 3.67. The van der Waals surface area contributed by atoms with E-state index in [0.29, 0.717) is 5.75 Å². The van der Waals surface area contributed by atoms with Gasteiger partial charge in [-0.2, -0.15) is 13.2 Å². The maximum Gasteiger partial charge on any atom is 0.433 e. The van der Waals surface area contributed by atoms with Crippen molar-refractivity contribution in [2.45, 2.75) is 36.9 Å². The number of rotatable bonds is 5. The molecule has 0 radical (unpaired) electrons. The highest BCUT2D eigenvalue weighted by molar-refractivity contribution is 7.98. The summed E-state index contributed by atoms with van der Waals surface area (Å²) >= 11 is 1.08. The molecule has 22 heavy (non-hydrogen) atoms. The minimum Gasteiger partial charge on any atom is -0.384 e. The zero-order valence-corrected chi connectivity index (χ0v) is 12.7. The number of anilines is 1. The lowest BCUT2D eigenvalue weighted by molar-refractivity contribution is -0.141. The molecule has 0 fully saturated rings. The Labute approximate surface area is 130 Å². The van der Waals surface area contributed by atoms with Gasteiger partial charge in [0.2, 0.25) is 0 Å². The molecule has 0 aliphatic carbocycles. The molecule has 0 bridgehead atoms. The molecular formula is C14H15F3N4S. The number of pyridine rings is 1. The van der Waals surface area contributed by atoms with Crippen LogP contribution in [0.15, 0.2) is 29.6 Å². The molecule has 0 amide bonds. The summed E-state index contributed by atoms with van der Waals surface area (Å²) in [6.45, 7) is 2.08. The van der Waals surface area contributed by atoms with Crippen LogP contribution in [0.25, 0.3) is 0 Å². The van der Waals surface area contributed by atoms with Crippen LogP contribution < -0.4 is 5.73 Å². The van der Waals surface area contributed by atoms with Crippen molar-refractivity contribution >= 4 is 17.6 Å². The van der Waals surface area contributed by atoms with Gasteiger partial charge in [0.25, 0.3) is 0 Å². The zero-order chi connectivity index (χ0) is 16.2. The largest absolute Gasteiger partial charge is 0.433 e. The molecule has 2 rings (SSSR count). The van der Waals surface area contributed by atoms with Crippen molar-refractivity contribution in [3.05, 3.63) is 41.3 Å². The average Bonchev–Trinajstić information content (AvgIpc) is 2.44. The summed E-state index contributed by atoms with van der Waals surface area (Å²) in [6.07, 6.45) is -0.884. The van der Waals surface area contributed by atoms with E-state index in [2.05, 4.69) is 21.9 Å². The highest BCUT2D eigenvalue weighted by Crippen LogP contribution is 2.30. The summed E-state index contributed by atoms with van der Waals surface area (Å²) < 4.78 is 38.0. The van der Waals surface area contributed by atoms with Crippen LogP contribution in [-0.2, 0) is 18.3 Å². The van der Waals surface area contributed by atoms with E-state index in [1.54, 1.807) is 6.20 Å². The van der Waals surface area contributed by atoms with Gasteiger partial charge >= 0.3 is 6.18 Å². The molecule has 8 heteroatoms. The van der Waals surface area contributed by atoms with Crippen LogP contribution >= 0.6 is 11.8 Å². The molecule has 0 saturated heterocycles. The van der Waals surface area contributed by atoms with Crippen molar-refractivity contribution < 1.29 is 13.2 Å². The lowest BCUT2D eigenvalue weighted by atomic mass is 10.1. The molecule has 0 unspecified atom stereocenters. The fourth-order valence-electron chi connectivity index (χ4n) is 1.84. The molecule has 0 atom stereocenters. The first-order valence-electron chi connectivity index (χ1n) is 6.67. The quantitative estimate of drug-likeness (QED) is 0.669. The third-order valence-electron chi connectivity index (χ3n) is 2.78. The van der Waals surface area contributed by atoms with Crippen LogP contribution in [0.3, 0.4) is 0 Å². The van der Waals surface area contributed by atoms with Gasteiger partial charge in [-0.05, 0) is 24.1 Å². The Morgan fingerprint density at radius 2 is 2.00 bits per heavy atom. The van der Waals surface area contributed by atoms with Gasteiger partial charge in [0, 0.05) is 18.0 Å². The fourth-order valence-corrected chi connectivity index (χ4v) is 2.61. The van der Waals surface area contributed by atoms with Gasteiger partial charge in [0.1, 0.15) is 5.82 Å². The van der Waals surface area contributed by atoms with E-state index in [1.807, 2.05) is 12.1 Å². The second kappa shape index (κ2) is 6.95. The summed E-state index contributed by atoms with van der Waals surface area (Å²) in [5.41, 5.74) is 6.30. The Bertz CT molecular complexity index is 646. The third kappa shape index (κ3) is 4.59. The van der Waals surface area contributed by atoms with Crippen LogP contribution in [0.2, 0.25) is 0 Å². The molecule has 0 aromatic carbocycles. The van der Waals surface area contributed by atoms with Gasteiger partial charge in [-0.1, -0.05) is 25.1 Å². The maximum absolute atomic E-state index is 12.7. The standard InChI is InChI=1S/C14H15F3N4S/c1-2-3-9-4-5-19-10(6-9)8-22-13-20-11(14(15,16)17)7-12(18)21-13/h4-7H,2-3,8H2,1H3,(H2,18,20,21). The first-order chi connectivity index (χ1) is 10.4. The van der Waals surface area contributed by atoms with Crippen molar-refractivity contribution in [1.29, 1.82) is 0 Å². The highest BCUT2D eigenvalue weighted by atomic mass is 32.2. The Morgan fingerprint density at radius 1 is 1.23 bits per heavy atom. The molecule has 0 aliphatic rings. The molecule has 4 nitrogen and oxygen atoms in total.